The lowest BCUT2D eigenvalue weighted by atomic mass is 9.90. The van der Waals surface area contributed by atoms with E-state index in [0.29, 0.717) is 23.6 Å². The predicted molar refractivity (Wildman–Crippen MR) is 85.8 cm³/mol. The molecule has 1 fully saturated rings. The highest BCUT2D eigenvalue weighted by atomic mass is 16.3. The van der Waals surface area contributed by atoms with E-state index in [0.717, 1.165) is 18.6 Å². The highest BCUT2D eigenvalue weighted by Gasteiger charge is 2.33. The summed E-state index contributed by atoms with van der Waals surface area (Å²) in [6, 6.07) is 10.2. The Bertz CT molecular complexity index is 692. The monoisotopic (exact) mass is 312 g/mol. The summed E-state index contributed by atoms with van der Waals surface area (Å²) >= 11 is 0. The number of primary amides is 1. The number of hydrogen-bond donors (Lipinski definition) is 1. The Balaban J connectivity index is 1.85. The summed E-state index contributed by atoms with van der Waals surface area (Å²) in [6.07, 6.45) is 3.50. The summed E-state index contributed by atoms with van der Waals surface area (Å²) in [5, 5.41) is 0. The first-order chi connectivity index (χ1) is 11.1. The average Bonchev–Trinajstić information content (AvgIpc) is 3.08. The molecular formula is C18H20N2O3. The van der Waals surface area contributed by atoms with Gasteiger partial charge in [-0.05, 0) is 55.2 Å². The molecule has 1 aromatic carbocycles. The van der Waals surface area contributed by atoms with Crippen molar-refractivity contribution in [1.29, 1.82) is 0 Å². The van der Waals surface area contributed by atoms with Gasteiger partial charge in [0.2, 0.25) is 5.91 Å². The number of piperidine rings is 1. The van der Waals surface area contributed by atoms with E-state index in [1.54, 1.807) is 30.5 Å². The second kappa shape index (κ2) is 6.28. The first-order valence-corrected chi connectivity index (χ1v) is 7.80. The van der Waals surface area contributed by atoms with Crippen LogP contribution in [-0.4, -0.2) is 23.3 Å². The van der Waals surface area contributed by atoms with E-state index < -0.39 is 5.91 Å². The highest BCUT2D eigenvalue weighted by molar-refractivity contribution is 5.97. The third kappa shape index (κ3) is 3.13. The first kappa shape index (κ1) is 15.3. The number of likely N-dealkylation sites (tertiary alicyclic amines) is 1. The molecule has 2 amide bonds. The van der Waals surface area contributed by atoms with E-state index in [1.807, 2.05) is 17.0 Å². The molecule has 0 spiro atoms. The fourth-order valence-electron chi connectivity index (χ4n) is 3.08. The molecule has 0 radical (unpaired) electrons. The quantitative estimate of drug-likeness (QED) is 0.946. The van der Waals surface area contributed by atoms with E-state index in [9.17, 15) is 9.59 Å². The molecule has 2 N–H and O–H groups in total. The third-order valence-corrected chi connectivity index (χ3v) is 4.41. The van der Waals surface area contributed by atoms with Crippen molar-refractivity contribution in [3.05, 3.63) is 59.5 Å². The third-order valence-electron chi connectivity index (χ3n) is 4.41. The van der Waals surface area contributed by atoms with Crippen LogP contribution in [0.3, 0.4) is 0 Å². The summed E-state index contributed by atoms with van der Waals surface area (Å²) in [4.78, 5) is 25.9. The van der Waals surface area contributed by atoms with Crippen molar-refractivity contribution in [2.24, 2.45) is 11.7 Å². The largest absolute Gasteiger partial charge is 0.467 e. The second-order valence-corrected chi connectivity index (χ2v) is 6.10. The number of amides is 2. The lowest BCUT2D eigenvalue weighted by Gasteiger charge is -2.37. The smallest absolute Gasteiger partial charge is 0.254 e. The number of benzene rings is 1. The summed E-state index contributed by atoms with van der Waals surface area (Å²) in [7, 11) is 0. The van der Waals surface area contributed by atoms with Crippen LogP contribution >= 0.6 is 0 Å². The number of hydrogen-bond acceptors (Lipinski definition) is 3. The SMILES string of the molecule is CC1CCN(C(=O)c2ccc(C(N)=O)cc2)C(c2ccco2)C1. The van der Waals surface area contributed by atoms with Gasteiger partial charge in [-0.3, -0.25) is 9.59 Å². The van der Waals surface area contributed by atoms with Crippen molar-refractivity contribution in [1.82, 2.24) is 4.90 Å². The molecule has 2 heterocycles. The van der Waals surface area contributed by atoms with Crippen LogP contribution in [0.4, 0.5) is 0 Å². The number of carbonyl (C=O) groups is 2. The van der Waals surface area contributed by atoms with E-state index >= 15 is 0 Å². The van der Waals surface area contributed by atoms with Gasteiger partial charge in [0.15, 0.2) is 0 Å². The van der Waals surface area contributed by atoms with Crippen LogP contribution in [0, 0.1) is 5.92 Å². The fourth-order valence-corrected chi connectivity index (χ4v) is 3.08. The molecule has 5 nitrogen and oxygen atoms in total. The van der Waals surface area contributed by atoms with Crippen LogP contribution in [0.1, 0.15) is 52.3 Å². The van der Waals surface area contributed by atoms with Crippen LogP contribution in [0.5, 0.6) is 0 Å². The van der Waals surface area contributed by atoms with Gasteiger partial charge in [0, 0.05) is 17.7 Å². The maximum absolute atomic E-state index is 12.9. The molecule has 23 heavy (non-hydrogen) atoms. The van der Waals surface area contributed by atoms with Gasteiger partial charge < -0.3 is 15.1 Å². The minimum Gasteiger partial charge on any atom is -0.467 e. The summed E-state index contributed by atoms with van der Waals surface area (Å²) < 4.78 is 5.53. The zero-order chi connectivity index (χ0) is 16.4. The van der Waals surface area contributed by atoms with Crippen molar-refractivity contribution < 1.29 is 14.0 Å². The van der Waals surface area contributed by atoms with Gasteiger partial charge in [-0.2, -0.15) is 0 Å². The Kier molecular flexibility index (Phi) is 4.19. The van der Waals surface area contributed by atoms with Gasteiger partial charge in [0.1, 0.15) is 5.76 Å². The maximum Gasteiger partial charge on any atom is 0.254 e. The van der Waals surface area contributed by atoms with Gasteiger partial charge in [0.05, 0.1) is 12.3 Å². The molecule has 1 aliphatic heterocycles. The Morgan fingerprint density at radius 2 is 1.87 bits per heavy atom. The predicted octanol–water partition coefficient (Wildman–Crippen LogP) is 2.99. The molecular weight excluding hydrogens is 292 g/mol. The van der Waals surface area contributed by atoms with Gasteiger partial charge in [-0.1, -0.05) is 6.92 Å². The number of furan rings is 1. The van der Waals surface area contributed by atoms with E-state index in [2.05, 4.69) is 6.92 Å². The Morgan fingerprint density at radius 3 is 2.48 bits per heavy atom. The van der Waals surface area contributed by atoms with Gasteiger partial charge in [-0.25, -0.2) is 0 Å². The lowest BCUT2D eigenvalue weighted by Crippen LogP contribution is -2.40. The molecule has 1 saturated heterocycles. The average molecular weight is 312 g/mol. The lowest BCUT2D eigenvalue weighted by molar-refractivity contribution is 0.0520. The van der Waals surface area contributed by atoms with Crippen molar-refractivity contribution in [2.45, 2.75) is 25.8 Å². The van der Waals surface area contributed by atoms with Crippen LogP contribution in [-0.2, 0) is 0 Å². The van der Waals surface area contributed by atoms with E-state index in [1.165, 1.54) is 0 Å². The summed E-state index contributed by atoms with van der Waals surface area (Å²) in [5.41, 5.74) is 6.19. The number of nitrogens with two attached hydrogens (primary N) is 1. The molecule has 1 aliphatic rings. The Hall–Kier alpha value is -2.56. The van der Waals surface area contributed by atoms with E-state index in [4.69, 9.17) is 10.2 Å². The van der Waals surface area contributed by atoms with Crippen molar-refractivity contribution in [3.8, 4) is 0 Å². The van der Waals surface area contributed by atoms with Crippen LogP contribution in [0.2, 0.25) is 0 Å². The zero-order valence-corrected chi connectivity index (χ0v) is 13.1. The first-order valence-electron chi connectivity index (χ1n) is 7.80. The zero-order valence-electron chi connectivity index (χ0n) is 13.1. The molecule has 120 valence electrons. The summed E-state index contributed by atoms with van der Waals surface area (Å²) in [5.74, 6) is 0.823. The van der Waals surface area contributed by atoms with Gasteiger partial charge in [0.25, 0.3) is 5.91 Å². The fraction of sp³-hybridized carbons (Fsp3) is 0.333. The van der Waals surface area contributed by atoms with Crippen LogP contribution in [0.15, 0.2) is 47.1 Å². The standard InChI is InChI=1S/C18H20N2O3/c1-12-8-9-20(15(11-12)16-3-2-10-23-16)18(22)14-6-4-13(5-7-14)17(19)21/h2-7,10,12,15H,8-9,11H2,1H3,(H2,19,21). The van der Waals surface area contributed by atoms with Gasteiger partial charge in [-0.15, -0.1) is 0 Å². The molecule has 0 aliphatic carbocycles. The maximum atomic E-state index is 12.9. The molecule has 5 heteroatoms. The minimum absolute atomic E-state index is 0.0444. The molecule has 3 rings (SSSR count). The molecule has 2 unspecified atom stereocenters. The van der Waals surface area contributed by atoms with Crippen LogP contribution < -0.4 is 5.73 Å². The molecule has 0 saturated carbocycles. The van der Waals surface area contributed by atoms with Crippen molar-refractivity contribution in [3.63, 3.8) is 0 Å². The summed E-state index contributed by atoms with van der Waals surface area (Å²) in [6.45, 7) is 2.89. The highest BCUT2D eigenvalue weighted by Crippen LogP contribution is 2.35. The number of carbonyl (C=O) groups excluding carboxylic acids is 2. The Labute approximate surface area is 135 Å². The molecule has 2 atom stereocenters. The van der Waals surface area contributed by atoms with Crippen molar-refractivity contribution in [2.75, 3.05) is 6.54 Å². The molecule has 2 aromatic rings. The van der Waals surface area contributed by atoms with E-state index in [-0.39, 0.29) is 11.9 Å². The second-order valence-electron chi connectivity index (χ2n) is 6.10. The number of nitrogens with zero attached hydrogens (tertiary/aromatic N) is 1. The Morgan fingerprint density at radius 1 is 1.17 bits per heavy atom. The molecule has 0 bridgehead atoms. The topological polar surface area (TPSA) is 76.5 Å². The normalized spacial score (nSPS) is 21.2. The van der Waals surface area contributed by atoms with Crippen LogP contribution in [0.25, 0.3) is 0 Å². The van der Waals surface area contributed by atoms with Crippen molar-refractivity contribution >= 4 is 11.8 Å². The number of rotatable bonds is 3. The van der Waals surface area contributed by atoms with Gasteiger partial charge >= 0.3 is 0 Å². The minimum atomic E-state index is -0.496. The molecule has 1 aromatic heterocycles.